The van der Waals surface area contributed by atoms with E-state index in [1.165, 1.54) is 10.8 Å². The Morgan fingerprint density at radius 3 is 1.84 bits per heavy atom. The Bertz CT molecular complexity index is 1790. The van der Waals surface area contributed by atoms with Crippen LogP contribution in [-0.2, 0) is 30.5 Å². The average Bonchev–Trinajstić information content (AvgIpc) is 3.13. The minimum atomic E-state index is -3.57. The lowest BCUT2D eigenvalue weighted by atomic mass is 9.80. The maximum atomic E-state index is 15.1. The van der Waals surface area contributed by atoms with E-state index in [1.54, 1.807) is 28.3 Å². The number of nitrogens with one attached hydrogen (secondary N) is 2. The number of nitrogens with zero attached hydrogens (tertiary/aromatic N) is 2. The lowest BCUT2D eigenvalue weighted by Crippen LogP contribution is -2.36. The Morgan fingerprint density at radius 2 is 1.35 bits per heavy atom. The number of hydrogen-bond donors (Lipinski definition) is 2. The Hall–Kier alpha value is -3.60. The van der Waals surface area contributed by atoms with Gasteiger partial charge in [0, 0.05) is 44.0 Å². The minimum absolute atomic E-state index is 0.103. The van der Waals surface area contributed by atoms with E-state index in [0.717, 1.165) is 16.7 Å². The van der Waals surface area contributed by atoms with Crippen LogP contribution in [0.1, 0.15) is 49.9 Å². The van der Waals surface area contributed by atoms with Crippen LogP contribution in [0.15, 0.2) is 94.6 Å². The second kappa shape index (κ2) is 18.2. The van der Waals surface area contributed by atoms with Crippen LogP contribution >= 0.6 is 15.8 Å². The maximum absolute atomic E-state index is 15.1. The Kier molecular flexibility index (Phi) is 14.4. The molecule has 4 rings (SSSR count). The predicted molar refractivity (Wildman–Crippen MR) is 202 cm³/mol. The summed E-state index contributed by atoms with van der Waals surface area (Å²) in [6, 6.07) is 25.1. The van der Waals surface area contributed by atoms with Crippen LogP contribution in [0, 0.1) is 6.92 Å². The van der Waals surface area contributed by atoms with Crippen LogP contribution in [0.2, 0.25) is 0 Å². The molecule has 14 heteroatoms. The molecule has 2 unspecified atom stereocenters. The van der Waals surface area contributed by atoms with E-state index in [-0.39, 0.29) is 37.9 Å². The minimum Gasteiger partial charge on any atom is -0.497 e. The maximum Gasteiger partial charge on any atom is 0.328 e. The molecule has 0 bridgehead atoms. The third kappa shape index (κ3) is 9.84. The molecule has 12 nitrogen and oxygen atoms in total. The van der Waals surface area contributed by atoms with Crippen molar-refractivity contribution < 1.29 is 27.8 Å². The number of H-pyrrole nitrogens is 1. The molecule has 2 N–H and O–H groups in total. The number of ether oxygens (including phenoxy) is 3. The Balaban J connectivity index is 1.78. The first-order valence-electron chi connectivity index (χ1n) is 16.7. The molecule has 1 heterocycles. The average molecular weight is 741 g/mol. The van der Waals surface area contributed by atoms with Crippen molar-refractivity contribution in [2.24, 2.45) is 0 Å². The van der Waals surface area contributed by atoms with Gasteiger partial charge in [0.15, 0.2) is 7.29 Å². The smallest absolute Gasteiger partial charge is 0.328 e. The molecule has 1 aromatic heterocycles. The molecule has 0 aliphatic rings. The largest absolute Gasteiger partial charge is 0.497 e. The van der Waals surface area contributed by atoms with Crippen LogP contribution in [0.3, 0.4) is 0 Å². The van der Waals surface area contributed by atoms with Gasteiger partial charge in [-0.1, -0.05) is 54.6 Å². The van der Waals surface area contributed by atoms with Gasteiger partial charge < -0.3 is 27.8 Å². The summed E-state index contributed by atoms with van der Waals surface area (Å²) in [6.45, 7) is 10.1. The van der Waals surface area contributed by atoms with E-state index in [4.69, 9.17) is 23.3 Å². The molecular weight excluding hydrogens is 690 g/mol. The van der Waals surface area contributed by atoms with E-state index in [0.29, 0.717) is 17.1 Å². The third-order valence-corrected chi connectivity index (χ3v) is 12.4. The van der Waals surface area contributed by atoms with Crippen LogP contribution in [0.4, 0.5) is 0 Å². The molecule has 0 saturated carbocycles. The molecule has 0 aliphatic heterocycles. The van der Waals surface area contributed by atoms with Gasteiger partial charge in [0.1, 0.15) is 29.8 Å². The van der Waals surface area contributed by atoms with Gasteiger partial charge in [-0.25, -0.2) is 9.46 Å². The van der Waals surface area contributed by atoms with Gasteiger partial charge in [-0.15, -0.1) is 0 Å². The predicted octanol–water partition coefficient (Wildman–Crippen LogP) is 6.66. The number of aromatic amines is 1. The molecule has 0 radical (unpaired) electrons. The highest BCUT2D eigenvalue weighted by molar-refractivity contribution is 7.62. The van der Waals surface area contributed by atoms with Gasteiger partial charge in [-0.05, 0) is 75.6 Å². The van der Waals surface area contributed by atoms with E-state index in [1.807, 2.05) is 78.9 Å². The monoisotopic (exact) mass is 740 g/mol. The SMILES string of the molecule is COc1ccc(C(OCP(=O)(COP(OC)N(C(C)C)C(C)C)NCCn2cc(C)c(=O)[nH]c2=O)(c2ccccc2)c2ccc(OC)cc2)cc1. The van der Waals surface area contributed by atoms with Crippen molar-refractivity contribution in [3.63, 3.8) is 0 Å². The van der Waals surface area contributed by atoms with Gasteiger partial charge >= 0.3 is 5.69 Å². The van der Waals surface area contributed by atoms with Gasteiger partial charge in [0.25, 0.3) is 14.1 Å². The second-order valence-corrected chi connectivity index (χ2v) is 16.8. The first kappa shape index (κ1) is 40.2. The van der Waals surface area contributed by atoms with E-state index >= 15 is 4.57 Å². The van der Waals surface area contributed by atoms with Gasteiger partial charge in [-0.2, -0.15) is 0 Å². The molecule has 0 aliphatic carbocycles. The molecule has 276 valence electrons. The van der Waals surface area contributed by atoms with Crippen molar-refractivity contribution in [1.29, 1.82) is 0 Å². The van der Waals surface area contributed by atoms with Crippen molar-refractivity contribution in [2.75, 3.05) is 40.6 Å². The van der Waals surface area contributed by atoms with Crippen molar-refractivity contribution in [1.82, 2.24) is 19.3 Å². The van der Waals surface area contributed by atoms with Crippen LogP contribution < -0.4 is 25.8 Å². The van der Waals surface area contributed by atoms with Crippen LogP contribution in [0.5, 0.6) is 11.5 Å². The molecule has 3 aromatic carbocycles. The zero-order valence-corrected chi connectivity index (χ0v) is 32.4. The van der Waals surface area contributed by atoms with Crippen molar-refractivity contribution in [3.8, 4) is 11.5 Å². The Morgan fingerprint density at radius 1 is 0.824 bits per heavy atom. The van der Waals surface area contributed by atoms with Crippen molar-refractivity contribution >= 4 is 15.8 Å². The fourth-order valence-electron chi connectivity index (χ4n) is 5.89. The van der Waals surface area contributed by atoms with E-state index < -0.39 is 32.7 Å². The normalized spacial score (nSPS) is 13.8. The molecule has 4 aromatic rings. The lowest BCUT2D eigenvalue weighted by molar-refractivity contribution is 0.0407. The van der Waals surface area contributed by atoms with Crippen LogP contribution in [-0.4, -0.2) is 66.9 Å². The number of aromatic nitrogens is 2. The fourth-order valence-corrected chi connectivity index (χ4v) is 9.38. The summed E-state index contributed by atoms with van der Waals surface area (Å²) in [7, 11) is -0.347. The topological polar surface area (TPSA) is 133 Å². The Labute approximate surface area is 301 Å². The lowest BCUT2D eigenvalue weighted by Gasteiger charge is -2.38. The van der Waals surface area contributed by atoms with Gasteiger partial charge in [0.05, 0.1) is 14.2 Å². The number of hydrogen-bond acceptors (Lipinski definition) is 9. The summed E-state index contributed by atoms with van der Waals surface area (Å²) >= 11 is 0. The summed E-state index contributed by atoms with van der Waals surface area (Å²) < 4.78 is 48.8. The van der Waals surface area contributed by atoms with E-state index in [2.05, 4.69) is 42.4 Å². The number of aryl methyl sites for hydroxylation is 1. The molecule has 0 saturated heterocycles. The van der Waals surface area contributed by atoms with Crippen molar-refractivity contribution in [3.05, 3.63) is 128 Å². The highest BCUT2D eigenvalue weighted by Crippen LogP contribution is 2.53. The molecule has 0 amide bonds. The van der Waals surface area contributed by atoms with Crippen molar-refractivity contribution in [2.45, 2.75) is 58.8 Å². The molecular formula is C37H50N4O8P2. The summed E-state index contributed by atoms with van der Waals surface area (Å²) in [5.74, 6) is 1.35. The fraction of sp³-hybridized carbons (Fsp3) is 0.405. The molecule has 0 fully saturated rings. The summed E-state index contributed by atoms with van der Waals surface area (Å²) in [4.78, 5) is 26.8. The first-order valence-corrected chi connectivity index (χ1v) is 20.0. The summed E-state index contributed by atoms with van der Waals surface area (Å²) in [5.41, 5.74) is 0.554. The number of methoxy groups -OCH3 is 2. The third-order valence-electron chi connectivity index (χ3n) is 8.38. The quantitative estimate of drug-likeness (QED) is 0.0794. The van der Waals surface area contributed by atoms with Gasteiger partial charge in [-0.3, -0.25) is 19.4 Å². The summed E-state index contributed by atoms with van der Waals surface area (Å²) in [5, 5.41) is 3.20. The zero-order chi connectivity index (χ0) is 37.2. The standard InChI is InChI=1S/C37H50N4O8P2/c1-27(2)41(28(3)4)50(47-8)49-26-51(44,38-22-23-40-24-29(5)35(42)39-36(40)43)25-48-37(30-12-10-9-11-13-30,31-14-18-33(45-6)19-15-31)32-16-20-34(46-7)21-17-32/h9-21,24,27-28H,22-23,25-26H2,1-8H3,(H,38,44)(H,39,42,43). The highest BCUT2D eigenvalue weighted by Gasteiger charge is 2.41. The number of benzene rings is 3. The molecule has 2 atom stereocenters. The van der Waals surface area contributed by atoms with E-state index in [9.17, 15) is 9.59 Å². The van der Waals surface area contributed by atoms with Crippen LogP contribution in [0.25, 0.3) is 0 Å². The zero-order valence-electron chi connectivity index (χ0n) is 30.6. The highest BCUT2D eigenvalue weighted by atomic mass is 31.2. The number of rotatable bonds is 19. The summed E-state index contributed by atoms with van der Waals surface area (Å²) in [6.07, 6.45) is 1.02. The molecule has 51 heavy (non-hydrogen) atoms. The molecule has 0 spiro atoms. The second-order valence-electron chi connectivity index (χ2n) is 12.6. The first-order chi connectivity index (χ1) is 24.4. The van der Waals surface area contributed by atoms with Gasteiger partial charge in [0.2, 0.25) is 0 Å².